The second-order valence-electron chi connectivity index (χ2n) is 6.53. The molecule has 2 amide bonds. The van der Waals surface area contributed by atoms with E-state index in [2.05, 4.69) is 15.5 Å². The van der Waals surface area contributed by atoms with Gasteiger partial charge < -0.3 is 20.4 Å². The van der Waals surface area contributed by atoms with Gasteiger partial charge in [0, 0.05) is 44.0 Å². The van der Waals surface area contributed by atoms with Crippen molar-refractivity contribution in [2.24, 2.45) is 0 Å². The van der Waals surface area contributed by atoms with Crippen molar-refractivity contribution in [1.29, 1.82) is 0 Å². The Labute approximate surface area is 171 Å². The first kappa shape index (κ1) is 21.4. The average Bonchev–Trinajstić information content (AvgIpc) is 2.62. The highest BCUT2D eigenvalue weighted by Crippen LogP contribution is 2.30. The molecule has 8 heteroatoms. The summed E-state index contributed by atoms with van der Waals surface area (Å²) in [6, 6.07) is 5.56. The standard InChI is InChI=1S/C19H27ClN4O2S/c1-3-5-17(25)22-19(27)21-15-13-14(20)7-8-16(15)23-9-11-24(12-10-23)18(26)6-4-2/h7-8,13H,3-6,9-12H2,1-2H3,(H2,21,22,25,27). The van der Waals surface area contributed by atoms with Crippen LogP contribution in [0.3, 0.4) is 0 Å². The summed E-state index contributed by atoms with van der Waals surface area (Å²) in [5.74, 6) is 0.105. The van der Waals surface area contributed by atoms with Gasteiger partial charge in [0.15, 0.2) is 5.11 Å². The van der Waals surface area contributed by atoms with E-state index in [1.165, 1.54) is 0 Å². The first-order chi connectivity index (χ1) is 12.9. The van der Waals surface area contributed by atoms with Gasteiger partial charge in [-0.2, -0.15) is 0 Å². The van der Waals surface area contributed by atoms with E-state index in [-0.39, 0.29) is 16.9 Å². The Morgan fingerprint density at radius 2 is 1.78 bits per heavy atom. The molecule has 1 saturated heterocycles. The minimum absolute atomic E-state index is 0.110. The number of carbonyl (C=O) groups is 2. The molecule has 2 N–H and O–H groups in total. The molecule has 1 aliphatic rings. The van der Waals surface area contributed by atoms with Crippen LogP contribution in [0.15, 0.2) is 18.2 Å². The van der Waals surface area contributed by atoms with Gasteiger partial charge >= 0.3 is 0 Å². The van der Waals surface area contributed by atoms with E-state index in [1.54, 1.807) is 6.07 Å². The van der Waals surface area contributed by atoms with E-state index in [0.717, 1.165) is 37.3 Å². The number of halogens is 1. The number of rotatable bonds is 6. The van der Waals surface area contributed by atoms with E-state index < -0.39 is 0 Å². The molecule has 0 bridgehead atoms. The largest absolute Gasteiger partial charge is 0.366 e. The van der Waals surface area contributed by atoms with Gasteiger partial charge in [0.25, 0.3) is 0 Å². The molecule has 0 saturated carbocycles. The third-order valence-corrected chi connectivity index (χ3v) is 4.81. The Kier molecular flexibility index (Phi) is 8.31. The van der Waals surface area contributed by atoms with Gasteiger partial charge in [0.2, 0.25) is 11.8 Å². The third kappa shape index (κ3) is 6.36. The lowest BCUT2D eigenvalue weighted by molar-refractivity contribution is -0.131. The van der Waals surface area contributed by atoms with Crippen molar-refractivity contribution in [2.75, 3.05) is 36.4 Å². The Morgan fingerprint density at radius 3 is 2.41 bits per heavy atom. The number of thiocarbonyl (C=S) groups is 1. The molecule has 0 atom stereocenters. The first-order valence-corrected chi connectivity index (χ1v) is 10.2. The number of benzene rings is 1. The van der Waals surface area contributed by atoms with E-state index in [1.807, 2.05) is 30.9 Å². The minimum atomic E-state index is -0.110. The fourth-order valence-corrected chi connectivity index (χ4v) is 3.42. The molecule has 148 valence electrons. The maximum Gasteiger partial charge on any atom is 0.226 e. The smallest absolute Gasteiger partial charge is 0.226 e. The van der Waals surface area contributed by atoms with Gasteiger partial charge in [0.05, 0.1) is 11.4 Å². The summed E-state index contributed by atoms with van der Waals surface area (Å²) in [6.45, 7) is 6.82. The normalized spacial score (nSPS) is 14.0. The zero-order chi connectivity index (χ0) is 19.8. The summed E-state index contributed by atoms with van der Waals surface area (Å²) >= 11 is 11.4. The van der Waals surface area contributed by atoms with Crippen molar-refractivity contribution < 1.29 is 9.59 Å². The van der Waals surface area contributed by atoms with Crippen LogP contribution in [0.25, 0.3) is 0 Å². The number of hydrogen-bond acceptors (Lipinski definition) is 4. The number of hydrogen-bond donors (Lipinski definition) is 2. The zero-order valence-corrected chi connectivity index (χ0v) is 17.5. The van der Waals surface area contributed by atoms with Gasteiger partial charge in [0.1, 0.15) is 0 Å². The predicted molar refractivity (Wildman–Crippen MR) is 114 cm³/mol. The molecule has 1 aromatic carbocycles. The van der Waals surface area contributed by atoms with Crippen molar-refractivity contribution in [2.45, 2.75) is 39.5 Å². The Bertz CT molecular complexity index is 690. The highest BCUT2D eigenvalue weighted by atomic mass is 35.5. The van der Waals surface area contributed by atoms with Crippen LogP contribution >= 0.6 is 23.8 Å². The van der Waals surface area contributed by atoms with Crippen molar-refractivity contribution >= 4 is 52.1 Å². The van der Waals surface area contributed by atoms with Crippen LogP contribution in [-0.2, 0) is 9.59 Å². The molecule has 1 aromatic rings. The number of carbonyl (C=O) groups excluding carboxylic acids is 2. The SMILES string of the molecule is CCCC(=O)NC(=S)Nc1cc(Cl)ccc1N1CCN(C(=O)CCC)CC1. The van der Waals surface area contributed by atoms with Crippen molar-refractivity contribution in [3.63, 3.8) is 0 Å². The molecule has 27 heavy (non-hydrogen) atoms. The van der Waals surface area contributed by atoms with Gasteiger partial charge in [-0.15, -0.1) is 0 Å². The van der Waals surface area contributed by atoms with Crippen LogP contribution in [0, 0.1) is 0 Å². The third-order valence-electron chi connectivity index (χ3n) is 4.37. The molecule has 0 aromatic heterocycles. The number of amides is 2. The maximum absolute atomic E-state index is 12.1. The van der Waals surface area contributed by atoms with Crippen LogP contribution in [0.1, 0.15) is 39.5 Å². The van der Waals surface area contributed by atoms with Crippen LogP contribution in [0.5, 0.6) is 0 Å². The molecule has 0 aliphatic carbocycles. The number of piperazine rings is 1. The lowest BCUT2D eigenvalue weighted by atomic mass is 10.2. The van der Waals surface area contributed by atoms with Gasteiger partial charge in [-0.1, -0.05) is 25.4 Å². The highest BCUT2D eigenvalue weighted by molar-refractivity contribution is 7.80. The monoisotopic (exact) mass is 410 g/mol. The quantitative estimate of drug-likeness (QED) is 0.703. The second kappa shape index (κ2) is 10.5. The topological polar surface area (TPSA) is 64.7 Å². The molecule has 0 spiro atoms. The van der Waals surface area contributed by atoms with Crippen molar-refractivity contribution in [3.8, 4) is 0 Å². The fraction of sp³-hybridized carbons (Fsp3) is 0.526. The molecular weight excluding hydrogens is 384 g/mol. The Balaban J connectivity index is 2.04. The number of anilines is 2. The summed E-state index contributed by atoms with van der Waals surface area (Å²) in [5, 5.41) is 6.61. The van der Waals surface area contributed by atoms with Gasteiger partial charge in [-0.05, 0) is 43.3 Å². The highest BCUT2D eigenvalue weighted by Gasteiger charge is 2.22. The number of nitrogens with zero attached hydrogens (tertiary/aromatic N) is 2. The predicted octanol–water partition coefficient (Wildman–Crippen LogP) is 3.40. The van der Waals surface area contributed by atoms with Crippen LogP contribution in [-0.4, -0.2) is 48.0 Å². The van der Waals surface area contributed by atoms with Crippen LogP contribution < -0.4 is 15.5 Å². The van der Waals surface area contributed by atoms with Gasteiger partial charge in [-0.3, -0.25) is 9.59 Å². The Hall–Kier alpha value is -1.86. The molecule has 2 rings (SSSR count). The van der Waals surface area contributed by atoms with E-state index in [0.29, 0.717) is 31.0 Å². The average molecular weight is 411 g/mol. The summed E-state index contributed by atoms with van der Waals surface area (Å²) < 4.78 is 0. The minimum Gasteiger partial charge on any atom is -0.366 e. The van der Waals surface area contributed by atoms with Crippen LogP contribution in [0.4, 0.5) is 11.4 Å². The summed E-state index contributed by atoms with van der Waals surface area (Å²) in [7, 11) is 0. The first-order valence-electron chi connectivity index (χ1n) is 9.37. The van der Waals surface area contributed by atoms with E-state index in [4.69, 9.17) is 23.8 Å². The molecule has 0 unspecified atom stereocenters. The summed E-state index contributed by atoms with van der Waals surface area (Å²) in [4.78, 5) is 27.9. The van der Waals surface area contributed by atoms with Gasteiger partial charge in [-0.25, -0.2) is 0 Å². The summed E-state index contributed by atoms with van der Waals surface area (Å²) in [5.41, 5.74) is 1.70. The molecular formula is C19H27ClN4O2S. The second-order valence-corrected chi connectivity index (χ2v) is 7.38. The molecule has 1 heterocycles. The van der Waals surface area contributed by atoms with E-state index in [9.17, 15) is 9.59 Å². The summed E-state index contributed by atoms with van der Waals surface area (Å²) in [6.07, 6.45) is 2.65. The number of nitrogens with one attached hydrogen (secondary N) is 2. The molecule has 1 aliphatic heterocycles. The van der Waals surface area contributed by atoms with E-state index >= 15 is 0 Å². The molecule has 6 nitrogen and oxygen atoms in total. The molecule has 1 fully saturated rings. The van der Waals surface area contributed by atoms with Crippen molar-refractivity contribution in [1.82, 2.24) is 10.2 Å². The fourth-order valence-electron chi connectivity index (χ4n) is 3.02. The van der Waals surface area contributed by atoms with Crippen molar-refractivity contribution in [3.05, 3.63) is 23.2 Å². The lowest BCUT2D eigenvalue weighted by Crippen LogP contribution is -2.49. The molecule has 0 radical (unpaired) electrons. The maximum atomic E-state index is 12.1. The Morgan fingerprint density at radius 1 is 1.11 bits per heavy atom. The zero-order valence-electron chi connectivity index (χ0n) is 15.9. The lowest BCUT2D eigenvalue weighted by Gasteiger charge is -2.37. The van der Waals surface area contributed by atoms with Crippen LogP contribution in [0.2, 0.25) is 5.02 Å².